The predicted molar refractivity (Wildman–Crippen MR) is 63.7 cm³/mol. The van der Waals surface area contributed by atoms with E-state index in [9.17, 15) is 0 Å². The lowest BCUT2D eigenvalue weighted by atomic mass is 10.3. The molecule has 2 aromatic rings. The highest BCUT2D eigenvalue weighted by molar-refractivity contribution is 5.52. The molecule has 0 spiro atoms. The zero-order valence-corrected chi connectivity index (χ0v) is 9.60. The SMILES string of the molecule is Cc1ccc(Nc2nc(C)cc(C#N)n2)cn1. The van der Waals surface area contributed by atoms with E-state index in [0.29, 0.717) is 11.6 Å². The van der Waals surface area contributed by atoms with Crippen LogP contribution in [0.4, 0.5) is 11.6 Å². The molecule has 0 saturated carbocycles. The predicted octanol–water partition coefficient (Wildman–Crippen LogP) is 2.10. The third-order valence-corrected chi connectivity index (χ3v) is 2.14. The number of nitrogens with zero attached hydrogens (tertiary/aromatic N) is 4. The standard InChI is InChI=1S/C12H11N5/c1-8-3-4-10(7-14-8)16-12-15-9(2)5-11(6-13)17-12/h3-5,7H,1-2H3,(H,15,16,17). The molecule has 0 atom stereocenters. The van der Waals surface area contributed by atoms with Crippen molar-refractivity contribution in [1.29, 1.82) is 5.26 Å². The molecule has 17 heavy (non-hydrogen) atoms. The molecule has 0 unspecified atom stereocenters. The normalized spacial score (nSPS) is 9.71. The van der Waals surface area contributed by atoms with Gasteiger partial charge in [0.15, 0.2) is 0 Å². The van der Waals surface area contributed by atoms with Crippen LogP contribution in [-0.4, -0.2) is 15.0 Å². The Morgan fingerprint density at radius 2 is 2.00 bits per heavy atom. The summed E-state index contributed by atoms with van der Waals surface area (Å²) in [5, 5.41) is 11.8. The van der Waals surface area contributed by atoms with Crippen molar-refractivity contribution < 1.29 is 0 Å². The molecular formula is C12H11N5. The molecule has 0 saturated heterocycles. The largest absolute Gasteiger partial charge is 0.323 e. The number of nitriles is 1. The van der Waals surface area contributed by atoms with Gasteiger partial charge in [0.2, 0.25) is 5.95 Å². The van der Waals surface area contributed by atoms with Crippen LogP contribution in [0.15, 0.2) is 24.4 Å². The monoisotopic (exact) mass is 225 g/mol. The van der Waals surface area contributed by atoms with Crippen molar-refractivity contribution in [2.75, 3.05) is 5.32 Å². The van der Waals surface area contributed by atoms with E-state index in [1.54, 1.807) is 12.3 Å². The van der Waals surface area contributed by atoms with Crippen LogP contribution < -0.4 is 5.32 Å². The number of hydrogen-bond donors (Lipinski definition) is 1. The fraction of sp³-hybridized carbons (Fsp3) is 0.167. The summed E-state index contributed by atoms with van der Waals surface area (Å²) >= 11 is 0. The third-order valence-electron chi connectivity index (χ3n) is 2.14. The van der Waals surface area contributed by atoms with Crippen LogP contribution in [-0.2, 0) is 0 Å². The first kappa shape index (κ1) is 11.0. The maximum Gasteiger partial charge on any atom is 0.228 e. The Hall–Kier alpha value is -2.48. The van der Waals surface area contributed by atoms with Crippen molar-refractivity contribution in [3.8, 4) is 6.07 Å². The first-order valence-electron chi connectivity index (χ1n) is 5.13. The van der Waals surface area contributed by atoms with Crippen LogP contribution in [0.25, 0.3) is 0 Å². The molecule has 0 bridgehead atoms. The summed E-state index contributed by atoms with van der Waals surface area (Å²) in [6, 6.07) is 7.41. The lowest BCUT2D eigenvalue weighted by Crippen LogP contribution is -2.00. The van der Waals surface area contributed by atoms with E-state index in [1.165, 1.54) is 0 Å². The molecule has 0 aliphatic rings. The van der Waals surface area contributed by atoms with Crippen molar-refractivity contribution in [3.05, 3.63) is 41.5 Å². The minimum Gasteiger partial charge on any atom is -0.323 e. The number of aryl methyl sites for hydroxylation is 2. The Morgan fingerprint density at radius 3 is 2.65 bits per heavy atom. The average Bonchev–Trinajstić information content (AvgIpc) is 2.31. The van der Waals surface area contributed by atoms with Crippen molar-refractivity contribution >= 4 is 11.6 Å². The van der Waals surface area contributed by atoms with E-state index in [2.05, 4.69) is 20.3 Å². The fourth-order valence-electron chi connectivity index (χ4n) is 1.35. The Kier molecular flexibility index (Phi) is 2.97. The summed E-state index contributed by atoms with van der Waals surface area (Å²) in [4.78, 5) is 12.4. The fourth-order valence-corrected chi connectivity index (χ4v) is 1.35. The second kappa shape index (κ2) is 4.58. The molecule has 84 valence electrons. The minimum atomic E-state index is 0.347. The van der Waals surface area contributed by atoms with Crippen LogP contribution >= 0.6 is 0 Å². The van der Waals surface area contributed by atoms with Crippen molar-refractivity contribution in [1.82, 2.24) is 15.0 Å². The van der Waals surface area contributed by atoms with Crippen LogP contribution in [0, 0.1) is 25.2 Å². The van der Waals surface area contributed by atoms with E-state index < -0.39 is 0 Å². The maximum absolute atomic E-state index is 8.81. The molecule has 5 nitrogen and oxygen atoms in total. The van der Waals surface area contributed by atoms with E-state index in [-0.39, 0.29) is 0 Å². The van der Waals surface area contributed by atoms with Crippen molar-refractivity contribution in [3.63, 3.8) is 0 Å². The van der Waals surface area contributed by atoms with Gasteiger partial charge >= 0.3 is 0 Å². The minimum absolute atomic E-state index is 0.347. The topological polar surface area (TPSA) is 74.5 Å². The first-order chi connectivity index (χ1) is 8.17. The Morgan fingerprint density at radius 1 is 1.18 bits per heavy atom. The summed E-state index contributed by atoms with van der Waals surface area (Å²) in [5.74, 6) is 0.409. The number of pyridine rings is 1. The second-order valence-corrected chi connectivity index (χ2v) is 3.64. The maximum atomic E-state index is 8.81. The molecule has 0 aliphatic carbocycles. The number of aromatic nitrogens is 3. The quantitative estimate of drug-likeness (QED) is 0.847. The smallest absolute Gasteiger partial charge is 0.228 e. The highest BCUT2D eigenvalue weighted by Crippen LogP contribution is 2.12. The van der Waals surface area contributed by atoms with Gasteiger partial charge in [-0.2, -0.15) is 5.26 Å². The molecule has 0 aromatic carbocycles. The van der Waals surface area contributed by atoms with Crippen LogP contribution in [0.5, 0.6) is 0 Å². The molecule has 2 heterocycles. The van der Waals surface area contributed by atoms with Gasteiger partial charge in [-0.05, 0) is 32.0 Å². The lowest BCUT2D eigenvalue weighted by Gasteiger charge is -2.05. The van der Waals surface area contributed by atoms with Crippen LogP contribution in [0.3, 0.4) is 0 Å². The number of rotatable bonds is 2. The summed E-state index contributed by atoms with van der Waals surface area (Å²) in [5.41, 5.74) is 2.84. The summed E-state index contributed by atoms with van der Waals surface area (Å²) in [6.07, 6.45) is 1.70. The molecule has 0 radical (unpaired) electrons. The lowest BCUT2D eigenvalue weighted by molar-refractivity contribution is 1.08. The molecule has 2 aromatic heterocycles. The highest BCUT2D eigenvalue weighted by atomic mass is 15.1. The van der Waals surface area contributed by atoms with Gasteiger partial charge in [0, 0.05) is 11.4 Å². The molecule has 0 aliphatic heterocycles. The zero-order valence-electron chi connectivity index (χ0n) is 9.60. The number of anilines is 2. The number of hydrogen-bond acceptors (Lipinski definition) is 5. The molecule has 5 heteroatoms. The van der Waals surface area contributed by atoms with Gasteiger partial charge in [-0.1, -0.05) is 0 Å². The molecule has 1 N–H and O–H groups in total. The highest BCUT2D eigenvalue weighted by Gasteiger charge is 2.02. The average molecular weight is 225 g/mol. The van der Waals surface area contributed by atoms with Crippen molar-refractivity contribution in [2.24, 2.45) is 0 Å². The zero-order chi connectivity index (χ0) is 12.3. The van der Waals surface area contributed by atoms with E-state index in [0.717, 1.165) is 17.1 Å². The third kappa shape index (κ3) is 2.75. The van der Waals surface area contributed by atoms with Crippen molar-refractivity contribution in [2.45, 2.75) is 13.8 Å². The van der Waals surface area contributed by atoms with Gasteiger partial charge in [-0.3, -0.25) is 4.98 Å². The van der Waals surface area contributed by atoms with E-state index in [4.69, 9.17) is 5.26 Å². The summed E-state index contributed by atoms with van der Waals surface area (Å²) in [7, 11) is 0. The molecule has 0 amide bonds. The van der Waals surface area contributed by atoms with E-state index >= 15 is 0 Å². The second-order valence-electron chi connectivity index (χ2n) is 3.64. The molecular weight excluding hydrogens is 214 g/mol. The van der Waals surface area contributed by atoms with Gasteiger partial charge in [0.25, 0.3) is 0 Å². The Labute approximate surface area is 99.2 Å². The van der Waals surface area contributed by atoms with Gasteiger partial charge in [0.05, 0.1) is 11.9 Å². The van der Waals surface area contributed by atoms with Gasteiger partial charge in [-0.25, -0.2) is 9.97 Å². The molecule has 2 rings (SSSR count). The van der Waals surface area contributed by atoms with Gasteiger partial charge < -0.3 is 5.32 Å². The summed E-state index contributed by atoms with van der Waals surface area (Å²) in [6.45, 7) is 3.74. The van der Waals surface area contributed by atoms with Crippen LogP contribution in [0.2, 0.25) is 0 Å². The van der Waals surface area contributed by atoms with Crippen LogP contribution in [0.1, 0.15) is 17.1 Å². The number of nitrogens with one attached hydrogen (secondary N) is 1. The van der Waals surface area contributed by atoms with E-state index in [1.807, 2.05) is 32.0 Å². The molecule has 0 fully saturated rings. The summed E-state index contributed by atoms with van der Waals surface area (Å²) < 4.78 is 0. The Bertz CT molecular complexity index is 568. The Balaban J connectivity index is 2.27. The van der Waals surface area contributed by atoms with Gasteiger partial charge in [0.1, 0.15) is 11.8 Å². The first-order valence-corrected chi connectivity index (χ1v) is 5.13. The van der Waals surface area contributed by atoms with Gasteiger partial charge in [-0.15, -0.1) is 0 Å².